The Bertz CT molecular complexity index is 398. The van der Waals surface area contributed by atoms with Crippen molar-refractivity contribution in [3.63, 3.8) is 0 Å². The fourth-order valence-corrected chi connectivity index (χ4v) is 2.04. The molecule has 0 saturated heterocycles. The molecule has 0 bridgehead atoms. The van der Waals surface area contributed by atoms with Crippen LogP contribution in [0.2, 0.25) is 0 Å². The monoisotopic (exact) mass is 222 g/mol. The molecular weight excluding hydrogens is 204 g/mol. The van der Waals surface area contributed by atoms with Crippen molar-refractivity contribution in [2.75, 3.05) is 0 Å². The molecule has 1 aliphatic heterocycles. The molecule has 88 valence electrons. The molecule has 16 heavy (non-hydrogen) atoms. The Morgan fingerprint density at radius 1 is 1.31 bits per heavy atom. The Morgan fingerprint density at radius 3 is 2.62 bits per heavy atom. The molecule has 3 nitrogen and oxygen atoms in total. The molecule has 0 spiro atoms. The van der Waals surface area contributed by atoms with E-state index in [1.165, 1.54) is 0 Å². The van der Waals surface area contributed by atoms with Crippen LogP contribution in [-0.2, 0) is 6.42 Å². The SMILES string of the molecule is CCc1ccc2c(c1)[C@@H](O)[C@H](O)C(C)(C)O2. The summed E-state index contributed by atoms with van der Waals surface area (Å²) in [6.07, 6.45) is -0.864. The van der Waals surface area contributed by atoms with Crippen LogP contribution in [0.4, 0.5) is 0 Å². The molecule has 1 aliphatic rings. The highest BCUT2D eigenvalue weighted by molar-refractivity contribution is 5.42. The molecular formula is C13H18O3. The zero-order valence-electron chi connectivity index (χ0n) is 9.90. The largest absolute Gasteiger partial charge is 0.485 e. The van der Waals surface area contributed by atoms with E-state index in [9.17, 15) is 10.2 Å². The highest BCUT2D eigenvalue weighted by atomic mass is 16.5. The molecule has 2 atom stereocenters. The van der Waals surface area contributed by atoms with Crippen LogP contribution in [0, 0.1) is 0 Å². The molecule has 1 aromatic carbocycles. The highest BCUT2D eigenvalue weighted by Gasteiger charge is 2.41. The Hall–Kier alpha value is -1.06. The number of benzene rings is 1. The summed E-state index contributed by atoms with van der Waals surface area (Å²) in [4.78, 5) is 0. The minimum Gasteiger partial charge on any atom is -0.485 e. The standard InChI is InChI=1S/C13H18O3/c1-4-8-5-6-10-9(7-8)11(14)12(15)13(2,3)16-10/h5-7,11-12,14-15H,4H2,1-3H3/t11-,12+/m1/s1. The predicted octanol–water partition coefficient (Wildman–Crippen LogP) is 1.81. The summed E-state index contributed by atoms with van der Waals surface area (Å²) in [6.45, 7) is 5.60. The number of hydrogen-bond donors (Lipinski definition) is 2. The second-order valence-electron chi connectivity index (χ2n) is 4.82. The van der Waals surface area contributed by atoms with Crippen molar-refractivity contribution in [2.24, 2.45) is 0 Å². The molecule has 0 saturated carbocycles. The first-order chi connectivity index (χ1) is 7.45. The van der Waals surface area contributed by atoms with Gasteiger partial charge in [0.1, 0.15) is 23.6 Å². The summed E-state index contributed by atoms with van der Waals surface area (Å²) < 4.78 is 5.69. The van der Waals surface area contributed by atoms with Crippen LogP contribution in [0.5, 0.6) is 5.75 Å². The van der Waals surface area contributed by atoms with Gasteiger partial charge in [0.15, 0.2) is 0 Å². The van der Waals surface area contributed by atoms with Gasteiger partial charge < -0.3 is 14.9 Å². The summed E-state index contributed by atoms with van der Waals surface area (Å²) >= 11 is 0. The second-order valence-corrected chi connectivity index (χ2v) is 4.82. The summed E-state index contributed by atoms with van der Waals surface area (Å²) in [5.41, 5.74) is 1.07. The van der Waals surface area contributed by atoms with Crippen LogP contribution in [-0.4, -0.2) is 21.9 Å². The van der Waals surface area contributed by atoms with Crippen LogP contribution in [0.1, 0.15) is 38.0 Å². The van der Waals surface area contributed by atoms with Crippen molar-refractivity contribution in [2.45, 2.75) is 45.0 Å². The maximum atomic E-state index is 10.1. The molecule has 0 aromatic heterocycles. The summed E-state index contributed by atoms with van der Waals surface area (Å²) in [5.74, 6) is 0.667. The molecule has 2 rings (SSSR count). The first-order valence-corrected chi connectivity index (χ1v) is 5.63. The van der Waals surface area contributed by atoms with Crippen molar-refractivity contribution >= 4 is 0 Å². The number of fused-ring (bicyclic) bond motifs is 1. The highest BCUT2D eigenvalue weighted by Crippen LogP contribution is 2.39. The lowest BCUT2D eigenvalue weighted by molar-refractivity contribution is -0.111. The van der Waals surface area contributed by atoms with Crippen LogP contribution in [0.3, 0.4) is 0 Å². The third-order valence-corrected chi connectivity index (χ3v) is 3.19. The van der Waals surface area contributed by atoms with Gasteiger partial charge in [-0.1, -0.05) is 13.0 Å². The maximum absolute atomic E-state index is 10.1. The second kappa shape index (κ2) is 3.75. The third kappa shape index (κ3) is 1.70. The van der Waals surface area contributed by atoms with E-state index in [0.29, 0.717) is 11.3 Å². The number of aryl methyl sites for hydroxylation is 1. The number of ether oxygens (including phenoxy) is 1. The maximum Gasteiger partial charge on any atom is 0.132 e. The fourth-order valence-electron chi connectivity index (χ4n) is 2.04. The van der Waals surface area contributed by atoms with Crippen molar-refractivity contribution in [1.82, 2.24) is 0 Å². The van der Waals surface area contributed by atoms with E-state index in [2.05, 4.69) is 6.92 Å². The van der Waals surface area contributed by atoms with E-state index in [-0.39, 0.29) is 0 Å². The van der Waals surface area contributed by atoms with Gasteiger partial charge in [0.05, 0.1) is 0 Å². The Labute approximate surface area is 95.7 Å². The summed E-state index contributed by atoms with van der Waals surface area (Å²) in [7, 11) is 0. The topological polar surface area (TPSA) is 49.7 Å². The molecule has 2 N–H and O–H groups in total. The first-order valence-electron chi connectivity index (χ1n) is 5.63. The van der Waals surface area contributed by atoms with E-state index in [1.54, 1.807) is 13.8 Å². The lowest BCUT2D eigenvalue weighted by Gasteiger charge is -2.40. The smallest absolute Gasteiger partial charge is 0.132 e. The Kier molecular flexibility index (Phi) is 2.68. The first kappa shape index (κ1) is 11.4. The number of hydrogen-bond acceptors (Lipinski definition) is 3. The van der Waals surface area contributed by atoms with Gasteiger partial charge in [-0.05, 0) is 38.0 Å². The van der Waals surface area contributed by atoms with Gasteiger partial charge in [-0.3, -0.25) is 0 Å². The fraction of sp³-hybridized carbons (Fsp3) is 0.538. The lowest BCUT2D eigenvalue weighted by Crippen LogP contribution is -2.48. The quantitative estimate of drug-likeness (QED) is 0.762. The van der Waals surface area contributed by atoms with E-state index >= 15 is 0 Å². The van der Waals surface area contributed by atoms with E-state index in [1.807, 2.05) is 18.2 Å². The number of aliphatic hydroxyl groups excluding tert-OH is 2. The predicted molar refractivity (Wildman–Crippen MR) is 61.5 cm³/mol. The van der Waals surface area contributed by atoms with Crippen molar-refractivity contribution < 1.29 is 14.9 Å². The van der Waals surface area contributed by atoms with E-state index < -0.39 is 17.8 Å². The van der Waals surface area contributed by atoms with E-state index in [4.69, 9.17) is 4.74 Å². The van der Waals surface area contributed by atoms with Gasteiger partial charge in [0, 0.05) is 5.56 Å². The minimum atomic E-state index is -0.896. The third-order valence-electron chi connectivity index (χ3n) is 3.19. The average molecular weight is 222 g/mol. The van der Waals surface area contributed by atoms with Crippen LogP contribution >= 0.6 is 0 Å². The lowest BCUT2D eigenvalue weighted by atomic mass is 9.88. The van der Waals surface area contributed by atoms with Gasteiger partial charge >= 0.3 is 0 Å². The van der Waals surface area contributed by atoms with Gasteiger partial charge in [0.2, 0.25) is 0 Å². The Morgan fingerprint density at radius 2 is 2.00 bits per heavy atom. The van der Waals surface area contributed by atoms with Gasteiger partial charge in [-0.15, -0.1) is 0 Å². The molecule has 1 heterocycles. The zero-order chi connectivity index (χ0) is 11.9. The molecule has 0 radical (unpaired) electrons. The number of aliphatic hydroxyl groups is 2. The van der Waals surface area contributed by atoms with E-state index in [0.717, 1.165) is 12.0 Å². The zero-order valence-corrected chi connectivity index (χ0v) is 9.90. The van der Waals surface area contributed by atoms with Crippen molar-refractivity contribution in [3.05, 3.63) is 29.3 Å². The van der Waals surface area contributed by atoms with Gasteiger partial charge in [0.25, 0.3) is 0 Å². The number of rotatable bonds is 1. The van der Waals surface area contributed by atoms with Gasteiger partial charge in [-0.25, -0.2) is 0 Å². The van der Waals surface area contributed by atoms with Gasteiger partial charge in [-0.2, -0.15) is 0 Å². The van der Waals surface area contributed by atoms with Crippen LogP contribution in [0.15, 0.2) is 18.2 Å². The Balaban J connectivity index is 2.47. The van der Waals surface area contributed by atoms with Crippen LogP contribution in [0.25, 0.3) is 0 Å². The van der Waals surface area contributed by atoms with Crippen LogP contribution < -0.4 is 4.74 Å². The average Bonchev–Trinajstić information content (AvgIpc) is 2.25. The molecule has 0 unspecified atom stereocenters. The molecule has 3 heteroatoms. The summed E-state index contributed by atoms with van der Waals surface area (Å²) in [5, 5.41) is 20.0. The molecule has 1 aromatic rings. The van der Waals surface area contributed by atoms with Crippen molar-refractivity contribution in [3.8, 4) is 5.75 Å². The molecule has 0 amide bonds. The minimum absolute atomic E-state index is 0.667. The van der Waals surface area contributed by atoms with Crippen molar-refractivity contribution in [1.29, 1.82) is 0 Å². The molecule has 0 aliphatic carbocycles. The normalized spacial score (nSPS) is 27.1. The molecule has 0 fully saturated rings. The summed E-state index contributed by atoms with van der Waals surface area (Å²) in [6, 6.07) is 5.75.